The van der Waals surface area contributed by atoms with Crippen LogP contribution in [0.4, 0.5) is 15.9 Å². The van der Waals surface area contributed by atoms with Crippen LogP contribution < -0.4 is 10.6 Å². The van der Waals surface area contributed by atoms with Gasteiger partial charge < -0.3 is 15.5 Å². The molecule has 0 radical (unpaired) electrons. The van der Waals surface area contributed by atoms with Crippen LogP contribution in [0, 0.1) is 5.82 Å². The second-order valence-electron chi connectivity index (χ2n) is 8.42. The van der Waals surface area contributed by atoms with Gasteiger partial charge in [0.25, 0.3) is 5.91 Å². The lowest BCUT2D eigenvalue weighted by molar-refractivity contribution is 0.0936. The Morgan fingerprint density at radius 2 is 1.74 bits per heavy atom. The number of nitrogens with zero attached hydrogens (tertiary/aromatic N) is 4. The quantitative estimate of drug-likeness (QED) is 0.504. The summed E-state index contributed by atoms with van der Waals surface area (Å²) in [5.41, 5.74) is 2.02. The summed E-state index contributed by atoms with van der Waals surface area (Å²) in [5, 5.41) is 6.22. The number of nitrogens with one attached hydrogen (secondary N) is 2. The molecule has 1 aliphatic heterocycles. The van der Waals surface area contributed by atoms with Gasteiger partial charge in [-0.3, -0.25) is 9.69 Å². The topological polar surface area (TPSA) is 73.4 Å². The summed E-state index contributed by atoms with van der Waals surface area (Å²) >= 11 is 0. The van der Waals surface area contributed by atoms with E-state index in [9.17, 15) is 9.18 Å². The monoisotopic (exact) mass is 462 g/mol. The molecule has 0 bridgehead atoms. The molecule has 0 atom stereocenters. The molecule has 2 N–H and O–H groups in total. The number of carbonyl (C=O) groups is 1. The standard InChI is InChI=1S/C26H31FN6O/c1-2-13-32-15-17-33(18-16-32)14-12-29-26(34)20-6-8-23(9-7-20)30-24-10-11-28-25(31-24)21-4-3-5-22(27)19-21/h3-11,19H,2,12-18H2,1H3,(H,29,34)(H,28,30,31). The maximum Gasteiger partial charge on any atom is 0.251 e. The summed E-state index contributed by atoms with van der Waals surface area (Å²) in [6.45, 7) is 9.20. The molecule has 1 aromatic heterocycles. The zero-order valence-corrected chi connectivity index (χ0v) is 19.5. The first-order valence-electron chi connectivity index (χ1n) is 11.8. The molecule has 0 aliphatic carbocycles. The SMILES string of the molecule is CCCN1CCN(CCNC(=O)c2ccc(Nc3ccnc(-c4cccc(F)c4)n3)cc2)CC1. The van der Waals surface area contributed by atoms with Crippen molar-refractivity contribution in [1.82, 2.24) is 25.1 Å². The first-order chi connectivity index (χ1) is 16.6. The normalized spacial score (nSPS) is 14.6. The van der Waals surface area contributed by atoms with Gasteiger partial charge >= 0.3 is 0 Å². The maximum absolute atomic E-state index is 13.5. The fraction of sp³-hybridized carbons (Fsp3) is 0.346. The number of anilines is 2. The third-order valence-corrected chi connectivity index (χ3v) is 5.88. The van der Waals surface area contributed by atoms with Crippen LogP contribution in [0.25, 0.3) is 11.4 Å². The number of carbonyl (C=O) groups excluding carboxylic acids is 1. The van der Waals surface area contributed by atoms with Crippen molar-refractivity contribution in [3.8, 4) is 11.4 Å². The second kappa shape index (κ2) is 11.7. The predicted molar refractivity (Wildman–Crippen MR) is 133 cm³/mol. The second-order valence-corrected chi connectivity index (χ2v) is 8.42. The van der Waals surface area contributed by atoms with Crippen LogP contribution in [0.2, 0.25) is 0 Å². The summed E-state index contributed by atoms with van der Waals surface area (Å²) in [4.78, 5) is 26.1. The number of piperazine rings is 1. The Kier molecular flexibility index (Phi) is 8.17. The molecule has 2 heterocycles. The van der Waals surface area contributed by atoms with Crippen LogP contribution >= 0.6 is 0 Å². The number of amides is 1. The fourth-order valence-electron chi connectivity index (χ4n) is 4.03. The molecule has 0 saturated carbocycles. The smallest absolute Gasteiger partial charge is 0.251 e. The molecule has 8 heteroatoms. The van der Waals surface area contributed by atoms with Gasteiger partial charge in [-0.25, -0.2) is 14.4 Å². The van der Waals surface area contributed by atoms with Gasteiger partial charge in [0, 0.05) is 62.3 Å². The molecule has 1 amide bonds. The lowest BCUT2D eigenvalue weighted by atomic mass is 10.2. The Labute approximate surface area is 200 Å². The Morgan fingerprint density at radius 3 is 2.44 bits per heavy atom. The number of hydrogen-bond acceptors (Lipinski definition) is 6. The summed E-state index contributed by atoms with van der Waals surface area (Å²) < 4.78 is 13.5. The van der Waals surface area contributed by atoms with Gasteiger partial charge in [-0.15, -0.1) is 0 Å². The molecule has 0 spiro atoms. The van der Waals surface area contributed by atoms with Gasteiger partial charge in [-0.1, -0.05) is 19.1 Å². The van der Waals surface area contributed by atoms with Crippen molar-refractivity contribution in [2.24, 2.45) is 0 Å². The molecule has 0 unspecified atom stereocenters. The molecular formula is C26H31FN6O. The lowest BCUT2D eigenvalue weighted by Gasteiger charge is -2.34. The highest BCUT2D eigenvalue weighted by molar-refractivity contribution is 5.94. The number of rotatable bonds is 9. The maximum atomic E-state index is 13.5. The van der Waals surface area contributed by atoms with Gasteiger partial charge in [-0.2, -0.15) is 0 Å². The van der Waals surface area contributed by atoms with Crippen LogP contribution in [-0.2, 0) is 0 Å². The van der Waals surface area contributed by atoms with E-state index >= 15 is 0 Å². The number of benzene rings is 2. The van der Waals surface area contributed by atoms with Crippen molar-refractivity contribution in [2.75, 3.05) is 51.1 Å². The highest BCUT2D eigenvalue weighted by Crippen LogP contribution is 2.20. The Hall–Kier alpha value is -3.36. The third kappa shape index (κ3) is 6.59. The van der Waals surface area contributed by atoms with Crippen LogP contribution in [-0.4, -0.2) is 71.5 Å². The van der Waals surface area contributed by atoms with Crippen LogP contribution in [0.5, 0.6) is 0 Å². The Bertz CT molecular complexity index is 1080. The first-order valence-corrected chi connectivity index (χ1v) is 11.8. The predicted octanol–water partition coefficient (Wildman–Crippen LogP) is 3.78. The molecule has 1 saturated heterocycles. The van der Waals surface area contributed by atoms with E-state index < -0.39 is 0 Å². The zero-order chi connectivity index (χ0) is 23.8. The summed E-state index contributed by atoms with van der Waals surface area (Å²) in [6, 6.07) is 15.2. The van der Waals surface area contributed by atoms with Crippen molar-refractivity contribution >= 4 is 17.4 Å². The fourth-order valence-corrected chi connectivity index (χ4v) is 4.03. The highest BCUT2D eigenvalue weighted by atomic mass is 19.1. The van der Waals surface area contributed by atoms with Crippen LogP contribution in [0.15, 0.2) is 60.8 Å². The number of hydrogen-bond donors (Lipinski definition) is 2. The molecule has 2 aromatic carbocycles. The molecule has 34 heavy (non-hydrogen) atoms. The van der Waals surface area contributed by atoms with Gasteiger partial charge in [-0.05, 0) is 55.4 Å². The molecule has 1 aliphatic rings. The van der Waals surface area contributed by atoms with E-state index in [2.05, 4.69) is 37.3 Å². The summed E-state index contributed by atoms with van der Waals surface area (Å²) in [7, 11) is 0. The van der Waals surface area contributed by atoms with Crippen LogP contribution in [0.1, 0.15) is 23.7 Å². The average Bonchev–Trinajstić information content (AvgIpc) is 2.86. The third-order valence-electron chi connectivity index (χ3n) is 5.88. The van der Waals surface area contributed by atoms with Crippen LogP contribution in [0.3, 0.4) is 0 Å². The van der Waals surface area contributed by atoms with E-state index in [4.69, 9.17) is 0 Å². The first kappa shape index (κ1) is 23.8. The summed E-state index contributed by atoms with van der Waals surface area (Å²) in [5.74, 6) is 0.618. The Morgan fingerprint density at radius 1 is 1.00 bits per heavy atom. The van der Waals surface area contributed by atoms with Gasteiger partial charge in [0.15, 0.2) is 5.82 Å². The Balaban J connectivity index is 1.26. The summed E-state index contributed by atoms with van der Waals surface area (Å²) in [6.07, 6.45) is 2.82. The van der Waals surface area contributed by atoms with Crippen molar-refractivity contribution in [3.05, 3.63) is 72.2 Å². The minimum Gasteiger partial charge on any atom is -0.351 e. The van der Waals surface area contributed by atoms with Gasteiger partial charge in [0.2, 0.25) is 0 Å². The van der Waals surface area contributed by atoms with Crippen molar-refractivity contribution in [3.63, 3.8) is 0 Å². The van der Waals surface area contributed by atoms with E-state index in [1.807, 2.05) is 12.1 Å². The molecule has 1 fully saturated rings. The van der Waals surface area contributed by atoms with E-state index in [0.29, 0.717) is 29.3 Å². The number of halogens is 1. The largest absolute Gasteiger partial charge is 0.351 e. The molecule has 178 valence electrons. The highest BCUT2D eigenvalue weighted by Gasteiger charge is 2.16. The molecule has 4 rings (SSSR count). The minimum atomic E-state index is -0.331. The number of aromatic nitrogens is 2. The molecular weight excluding hydrogens is 431 g/mol. The minimum absolute atomic E-state index is 0.0772. The lowest BCUT2D eigenvalue weighted by Crippen LogP contribution is -2.48. The van der Waals surface area contributed by atoms with Crippen molar-refractivity contribution in [1.29, 1.82) is 0 Å². The molecule has 3 aromatic rings. The molecule has 7 nitrogen and oxygen atoms in total. The van der Waals surface area contributed by atoms with Gasteiger partial charge in [0.05, 0.1) is 0 Å². The zero-order valence-electron chi connectivity index (χ0n) is 19.5. The van der Waals surface area contributed by atoms with E-state index in [-0.39, 0.29) is 11.7 Å². The average molecular weight is 463 g/mol. The van der Waals surface area contributed by atoms with E-state index in [1.54, 1.807) is 36.5 Å². The van der Waals surface area contributed by atoms with Crippen molar-refractivity contribution in [2.45, 2.75) is 13.3 Å². The van der Waals surface area contributed by atoms with Gasteiger partial charge in [0.1, 0.15) is 11.6 Å². The van der Waals surface area contributed by atoms with E-state index in [0.717, 1.165) is 38.4 Å². The van der Waals surface area contributed by atoms with Crippen molar-refractivity contribution < 1.29 is 9.18 Å². The van der Waals surface area contributed by atoms with E-state index in [1.165, 1.54) is 25.1 Å².